The van der Waals surface area contributed by atoms with Crippen LogP contribution in [0.1, 0.15) is 82.3 Å². The van der Waals surface area contributed by atoms with E-state index in [2.05, 4.69) is 17.1 Å². The van der Waals surface area contributed by atoms with Crippen LogP contribution in [0.15, 0.2) is 18.2 Å². The van der Waals surface area contributed by atoms with Crippen molar-refractivity contribution in [2.45, 2.75) is 96.2 Å². The summed E-state index contributed by atoms with van der Waals surface area (Å²) in [5.74, 6) is 1.10. The maximum atomic E-state index is 13.6. The zero-order valence-electron chi connectivity index (χ0n) is 20.4. The number of piperidine rings is 1. The number of aryl methyl sites for hydroxylation is 1. The summed E-state index contributed by atoms with van der Waals surface area (Å²) in [6.07, 6.45) is 10.2. The predicted molar refractivity (Wildman–Crippen MR) is 130 cm³/mol. The van der Waals surface area contributed by atoms with E-state index in [4.69, 9.17) is 0 Å². The van der Waals surface area contributed by atoms with Gasteiger partial charge in [-0.05, 0) is 44.1 Å². The second kappa shape index (κ2) is 10.5. The highest BCUT2D eigenvalue weighted by Crippen LogP contribution is 2.36. The van der Waals surface area contributed by atoms with E-state index in [0.717, 1.165) is 43.5 Å². The van der Waals surface area contributed by atoms with Crippen LogP contribution in [-0.4, -0.2) is 57.9 Å². The second-order valence-electron chi connectivity index (χ2n) is 10.5. The van der Waals surface area contributed by atoms with Crippen LogP contribution in [0.4, 0.5) is 0 Å². The van der Waals surface area contributed by atoms with Gasteiger partial charge in [0.1, 0.15) is 17.3 Å². The van der Waals surface area contributed by atoms with Crippen molar-refractivity contribution < 1.29 is 14.7 Å². The molecule has 0 bridgehead atoms. The Morgan fingerprint density at radius 2 is 1.85 bits per heavy atom. The first-order valence-corrected chi connectivity index (χ1v) is 13.1. The lowest BCUT2D eigenvalue weighted by atomic mass is 9.79. The maximum Gasteiger partial charge on any atom is 0.246 e. The van der Waals surface area contributed by atoms with Gasteiger partial charge >= 0.3 is 0 Å². The summed E-state index contributed by atoms with van der Waals surface area (Å²) in [5.41, 5.74) is 1.08. The van der Waals surface area contributed by atoms with Gasteiger partial charge in [0, 0.05) is 31.7 Å². The summed E-state index contributed by atoms with van der Waals surface area (Å²) < 4.78 is 0. The topological polar surface area (TPSA) is 72.9 Å². The fraction of sp³-hybridized carbons (Fsp3) is 0.704. The smallest absolute Gasteiger partial charge is 0.246 e. The number of nitrogens with zero attached hydrogens (tertiary/aromatic N) is 2. The zero-order chi connectivity index (χ0) is 23.4. The number of aromatic hydroxyl groups is 1. The summed E-state index contributed by atoms with van der Waals surface area (Å²) in [7, 11) is 0. The van der Waals surface area contributed by atoms with Crippen LogP contribution in [0.25, 0.3) is 0 Å². The van der Waals surface area contributed by atoms with Gasteiger partial charge in [0.25, 0.3) is 0 Å². The second-order valence-corrected chi connectivity index (χ2v) is 10.5. The van der Waals surface area contributed by atoms with E-state index >= 15 is 0 Å². The summed E-state index contributed by atoms with van der Waals surface area (Å²) in [5, 5.41) is 13.6. The van der Waals surface area contributed by atoms with E-state index in [0.29, 0.717) is 37.6 Å². The highest BCUT2D eigenvalue weighted by Gasteiger charge is 2.53. The Hall–Kier alpha value is -2.08. The van der Waals surface area contributed by atoms with E-state index < -0.39 is 5.54 Å². The molecule has 6 heteroatoms. The SMILES string of the molecule is CCCCN1C(=O)C(CC2CCCCC2)NC(=O)C12CCN(Cc1cccc(C)c1O)CC2. The summed E-state index contributed by atoms with van der Waals surface area (Å²) in [6.45, 7) is 6.87. The van der Waals surface area contributed by atoms with Gasteiger partial charge in [0.05, 0.1) is 0 Å². The van der Waals surface area contributed by atoms with Crippen molar-refractivity contribution in [1.29, 1.82) is 0 Å². The lowest BCUT2D eigenvalue weighted by Crippen LogP contribution is -2.73. The van der Waals surface area contributed by atoms with Gasteiger partial charge in [-0.15, -0.1) is 0 Å². The van der Waals surface area contributed by atoms with Crippen LogP contribution in [0, 0.1) is 12.8 Å². The predicted octanol–water partition coefficient (Wildman–Crippen LogP) is 4.13. The maximum absolute atomic E-state index is 13.6. The lowest BCUT2D eigenvalue weighted by Gasteiger charge is -2.52. The Morgan fingerprint density at radius 1 is 1.12 bits per heavy atom. The molecule has 2 heterocycles. The molecule has 0 aromatic heterocycles. The fourth-order valence-electron chi connectivity index (χ4n) is 6.10. The molecule has 1 aromatic carbocycles. The molecule has 2 aliphatic heterocycles. The average Bonchev–Trinajstić information content (AvgIpc) is 2.82. The Balaban J connectivity index is 1.45. The number of rotatable bonds is 7. The molecule has 1 aliphatic carbocycles. The first-order chi connectivity index (χ1) is 15.9. The van der Waals surface area contributed by atoms with Gasteiger partial charge in [0.15, 0.2) is 0 Å². The molecule has 0 radical (unpaired) electrons. The third-order valence-corrected chi connectivity index (χ3v) is 8.24. The molecule has 182 valence electrons. The number of hydrogen-bond acceptors (Lipinski definition) is 4. The summed E-state index contributed by atoms with van der Waals surface area (Å²) in [6, 6.07) is 5.50. The Bertz CT molecular complexity index is 841. The molecule has 1 aromatic rings. The lowest BCUT2D eigenvalue weighted by molar-refractivity contribution is -0.162. The Kier molecular flexibility index (Phi) is 7.62. The number of piperazine rings is 1. The molecule has 3 fully saturated rings. The minimum Gasteiger partial charge on any atom is -0.507 e. The quantitative estimate of drug-likeness (QED) is 0.648. The first kappa shape index (κ1) is 24.1. The zero-order valence-corrected chi connectivity index (χ0v) is 20.4. The number of nitrogens with one attached hydrogen (secondary N) is 1. The first-order valence-electron chi connectivity index (χ1n) is 13.1. The van der Waals surface area contributed by atoms with Crippen molar-refractivity contribution in [1.82, 2.24) is 15.1 Å². The van der Waals surface area contributed by atoms with Crippen molar-refractivity contribution in [2.75, 3.05) is 19.6 Å². The van der Waals surface area contributed by atoms with E-state index in [9.17, 15) is 14.7 Å². The highest BCUT2D eigenvalue weighted by atomic mass is 16.3. The van der Waals surface area contributed by atoms with E-state index in [-0.39, 0.29) is 17.9 Å². The number of hydrogen-bond donors (Lipinski definition) is 2. The number of carbonyl (C=O) groups is 2. The third kappa shape index (κ3) is 5.06. The van der Waals surface area contributed by atoms with Gasteiger partial charge in [-0.25, -0.2) is 0 Å². The highest BCUT2D eigenvalue weighted by molar-refractivity contribution is 6.00. The summed E-state index contributed by atoms with van der Waals surface area (Å²) in [4.78, 5) is 31.4. The fourth-order valence-corrected chi connectivity index (χ4v) is 6.10. The third-order valence-electron chi connectivity index (χ3n) is 8.24. The van der Waals surface area contributed by atoms with Gasteiger partial charge in [-0.2, -0.15) is 0 Å². The molecule has 2 N–H and O–H groups in total. The standard InChI is InChI=1S/C27H41N3O3/c1-3-4-15-30-25(32)23(18-21-10-6-5-7-11-21)28-26(33)27(30)13-16-29(17-14-27)19-22-12-8-9-20(2)24(22)31/h8-9,12,21,23,31H,3-7,10-11,13-19H2,1-2H3,(H,28,33). The van der Waals surface area contributed by atoms with Crippen LogP contribution >= 0.6 is 0 Å². The van der Waals surface area contributed by atoms with Gasteiger partial charge < -0.3 is 15.3 Å². The van der Waals surface area contributed by atoms with Gasteiger partial charge in [-0.3, -0.25) is 14.5 Å². The molecule has 2 saturated heterocycles. The van der Waals surface area contributed by atoms with Crippen LogP contribution in [0.5, 0.6) is 5.75 Å². The van der Waals surface area contributed by atoms with Crippen molar-refractivity contribution in [3.63, 3.8) is 0 Å². The number of para-hydroxylation sites is 1. The molecular formula is C27H41N3O3. The number of amides is 2. The Morgan fingerprint density at radius 3 is 2.55 bits per heavy atom. The molecule has 2 amide bonds. The number of benzene rings is 1. The number of phenols is 1. The largest absolute Gasteiger partial charge is 0.507 e. The molecule has 6 nitrogen and oxygen atoms in total. The van der Waals surface area contributed by atoms with E-state index in [1.807, 2.05) is 30.0 Å². The molecule has 4 rings (SSSR count). The van der Waals surface area contributed by atoms with Crippen molar-refractivity contribution >= 4 is 11.8 Å². The molecule has 3 aliphatic rings. The van der Waals surface area contributed by atoms with Crippen LogP contribution < -0.4 is 5.32 Å². The Labute approximate surface area is 198 Å². The normalized spacial score (nSPS) is 24.3. The minimum atomic E-state index is -0.722. The minimum absolute atomic E-state index is 0.0528. The van der Waals surface area contributed by atoms with Crippen molar-refractivity contribution in [2.24, 2.45) is 5.92 Å². The monoisotopic (exact) mass is 455 g/mol. The van der Waals surface area contributed by atoms with E-state index in [1.165, 1.54) is 32.1 Å². The molecule has 1 atom stereocenters. The molecule has 1 saturated carbocycles. The molecule has 1 spiro atoms. The molecule has 33 heavy (non-hydrogen) atoms. The van der Waals surface area contributed by atoms with Gasteiger partial charge in [-0.1, -0.05) is 63.6 Å². The molecular weight excluding hydrogens is 414 g/mol. The molecule has 1 unspecified atom stereocenters. The number of phenolic OH excluding ortho intramolecular Hbond substituents is 1. The van der Waals surface area contributed by atoms with Crippen molar-refractivity contribution in [3.8, 4) is 5.75 Å². The van der Waals surface area contributed by atoms with Crippen molar-refractivity contribution in [3.05, 3.63) is 29.3 Å². The van der Waals surface area contributed by atoms with Crippen LogP contribution in [0.2, 0.25) is 0 Å². The average molecular weight is 456 g/mol. The van der Waals surface area contributed by atoms with E-state index in [1.54, 1.807) is 0 Å². The van der Waals surface area contributed by atoms with Crippen LogP contribution in [0.3, 0.4) is 0 Å². The number of unbranched alkanes of at least 4 members (excludes halogenated alkanes) is 1. The number of likely N-dealkylation sites (tertiary alicyclic amines) is 1. The van der Waals surface area contributed by atoms with Crippen LogP contribution in [-0.2, 0) is 16.1 Å². The number of carbonyl (C=O) groups excluding carboxylic acids is 2. The summed E-state index contributed by atoms with van der Waals surface area (Å²) >= 11 is 0. The van der Waals surface area contributed by atoms with Gasteiger partial charge in [0.2, 0.25) is 11.8 Å².